The second kappa shape index (κ2) is 3.33. The molecule has 13 heavy (non-hydrogen) atoms. The molecule has 0 N–H and O–H groups in total. The first-order chi connectivity index (χ1) is 6.42. The van der Waals surface area contributed by atoms with Crippen LogP contribution in [-0.4, -0.2) is 11.6 Å². The summed E-state index contributed by atoms with van der Waals surface area (Å²) >= 11 is 0. The van der Waals surface area contributed by atoms with Gasteiger partial charge in [-0.3, -0.25) is 4.98 Å². The Morgan fingerprint density at radius 3 is 3.38 bits per heavy atom. The Balaban J connectivity index is 2.35. The molecule has 0 unspecified atom stereocenters. The lowest BCUT2D eigenvalue weighted by Gasteiger charge is -2.01. The highest BCUT2D eigenvalue weighted by Gasteiger charge is 2.15. The van der Waals surface area contributed by atoms with Crippen molar-refractivity contribution >= 4 is 0 Å². The average Bonchev–Trinajstić information content (AvgIpc) is 2.62. The van der Waals surface area contributed by atoms with Gasteiger partial charge in [-0.15, -0.1) is 0 Å². The van der Waals surface area contributed by atoms with E-state index < -0.39 is 0 Å². The second-order valence-electron chi connectivity index (χ2n) is 2.76. The number of nitrogens with zero attached hydrogens (tertiary/aromatic N) is 4. The van der Waals surface area contributed by atoms with Crippen LogP contribution in [0, 0.1) is 0 Å². The third-order valence-corrected chi connectivity index (χ3v) is 2.02. The summed E-state index contributed by atoms with van der Waals surface area (Å²) in [6.07, 6.45) is 4.30. The first-order valence-corrected chi connectivity index (χ1v) is 4.01. The zero-order valence-electron chi connectivity index (χ0n) is 6.97. The zero-order chi connectivity index (χ0) is 9.10. The predicted molar refractivity (Wildman–Crippen MR) is 46.3 cm³/mol. The van der Waals surface area contributed by atoms with E-state index in [-0.39, 0.29) is 0 Å². The van der Waals surface area contributed by atoms with Gasteiger partial charge < -0.3 is 4.74 Å². The molecule has 1 aliphatic heterocycles. The first kappa shape index (κ1) is 7.89. The number of rotatable bonds is 2. The number of hydrogen-bond donors (Lipinski definition) is 0. The van der Waals surface area contributed by atoms with E-state index in [2.05, 4.69) is 15.0 Å². The van der Waals surface area contributed by atoms with E-state index in [0.717, 1.165) is 23.3 Å². The molecule has 0 spiro atoms. The Bertz CT molecular complexity index is 370. The predicted octanol–water partition coefficient (Wildman–Crippen LogP) is 1.83. The lowest BCUT2D eigenvalue weighted by molar-refractivity contribution is 0.355. The van der Waals surface area contributed by atoms with Gasteiger partial charge in [0.2, 0.25) is 0 Å². The first-order valence-electron chi connectivity index (χ1n) is 4.01. The van der Waals surface area contributed by atoms with Crippen molar-refractivity contribution in [2.45, 2.75) is 13.0 Å². The highest BCUT2D eigenvalue weighted by atomic mass is 16.5. The van der Waals surface area contributed by atoms with Crippen molar-refractivity contribution in [3.63, 3.8) is 0 Å². The number of fused-ring (bicyclic) bond motifs is 1. The molecule has 0 aliphatic carbocycles. The normalized spacial score (nSPS) is 12.9. The smallest absolute Gasteiger partial charge is 0.141 e. The van der Waals surface area contributed by atoms with Crippen LogP contribution in [0.25, 0.3) is 10.4 Å². The van der Waals surface area contributed by atoms with Gasteiger partial charge in [0.1, 0.15) is 5.75 Å². The molecule has 1 aromatic rings. The minimum atomic E-state index is 0.357. The van der Waals surface area contributed by atoms with Crippen LogP contribution in [0.5, 0.6) is 5.75 Å². The standard InChI is InChI=1S/C8H8N4O/c9-12-11-4-6-3-10-5-8-7(6)1-2-13-8/h3,5H,1-2,4H2. The summed E-state index contributed by atoms with van der Waals surface area (Å²) < 4.78 is 5.32. The van der Waals surface area contributed by atoms with Crippen molar-refractivity contribution in [3.8, 4) is 5.75 Å². The molecule has 0 saturated heterocycles. The Morgan fingerprint density at radius 2 is 2.54 bits per heavy atom. The van der Waals surface area contributed by atoms with Crippen LogP contribution >= 0.6 is 0 Å². The van der Waals surface area contributed by atoms with Gasteiger partial charge >= 0.3 is 0 Å². The van der Waals surface area contributed by atoms with Crippen molar-refractivity contribution in [3.05, 3.63) is 34.0 Å². The summed E-state index contributed by atoms with van der Waals surface area (Å²) in [6, 6.07) is 0. The largest absolute Gasteiger partial charge is 0.491 e. The van der Waals surface area contributed by atoms with Crippen molar-refractivity contribution in [1.82, 2.24) is 4.98 Å². The van der Waals surface area contributed by atoms with Gasteiger partial charge in [0, 0.05) is 23.1 Å². The van der Waals surface area contributed by atoms with Gasteiger partial charge in [-0.1, -0.05) is 5.11 Å². The fourth-order valence-corrected chi connectivity index (χ4v) is 1.42. The van der Waals surface area contributed by atoms with E-state index >= 15 is 0 Å². The second-order valence-corrected chi connectivity index (χ2v) is 2.76. The van der Waals surface area contributed by atoms with Crippen molar-refractivity contribution in [1.29, 1.82) is 0 Å². The molecule has 1 aliphatic rings. The SMILES string of the molecule is [N-]=[N+]=NCc1cncc2c1CCO2. The molecule has 66 valence electrons. The lowest BCUT2D eigenvalue weighted by Crippen LogP contribution is -1.90. The van der Waals surface area contributed by atoms with E-state index in [1.807, 2.05) is 0 Å². The van der Waals surface area contributed by atoms with Crippen molar-refractivity contribution < 1.29 is 4.74 Å². The molecule has 5 nitrogen and oxygen atoms in total. The molecule has 0 atom stereocenters. The molecule has 1 aromatic heterocycles. The van der Waals surface area contributed by atoms with Crippen LogP contribution in [-0.2, 0) is 13.0 Å². The Labute approximate surface area is 75.0 Å². The van der Waals surface area contributed by atoms with Gasteiger partial charge in [-0.05, 0) is 11.1 Å². The van der Waals surface area contributed by atoms with E-state index in [4.69, 9.17) is 10.3 Å². The number of ether oxygens (including phenoxy) is 1. The molecule has 0 radical (unpaired) electrons. The van der Waals surface area contributed by atoms with E-state index in [0.29, 0.717) is 13.2 Å². The van der Waals surface area contributed by atoms with E-state index in [9.17, 15) is 0 Å². The quantitative estimate of drug-likeness (QED) is 0.391. The number of pyridine rings is 1. The van der Waals surface area contributed by atoms with Gasteiger partial charge in [-0.2, -0.15) is 0 Å². The number of hydrogen-bond acceptors (Lipinski definition) is 3. The molecule has 0 fully saturated rings. The monoisotopic (exact) mass is 176 g/mol. The zero-order valence-corrected chi connectivity index (χ0v) is 6.97. The van der Waals surface area contributed by atoms with Crippen LogP contribution in [0.1, 0.15) is 11.1 Å². The maximum absolute atomic E-state index is 8.18. The van der Waals surface area contributed by atoms with E-state index in [1.54, 1.807) is 12.4 Å². The van der Waals surface area contributed by atoms with Crippen LogP contribution in [0.4, 0.5) is 0 Å². The highest BCUT2D eigenvalue weighted by Crippen LogP contribution is 2.27. The van der Waals surface area contributed by atoms with Gasteiger partial charge in [0.15, 0.2) is 0 Å². The average molecular weight is 176 g/mol. The fraction of sp³-hybridized carbons (Fsp3) is 0.375. The summed E-state index contributed by atoms with van der Waals surface area (Å²) in [6.45, 7) is 1.06. The van der Waals surface area contributed by atoms with Crippen molar-refractivity contribution in [2.24, 2.45) is 5.11 Å². The molecule has 2 rings (SSSR count). The molecule has 0 amide bonds. The molecule has 0 saturated carbocycles. The molecule has 0 aromatic carbocycles. The molecular formula is C8H8N4O. The summed E-state index contributed by atoms with van der Waals surface area (Å²) in [5.41, 5.74) is 10.3. The van der Waals surface area contributed by atoms with Crippen LogP contribution in [0.15, 0.2) is 17.5 Å². The minimum absolute atomic E-state index is 0.357. The topological polar surface area (TPSA) is 70.9 Å². The molecule has 0 bridgehead atoms. The number of aromatic nitrogens is 1. The van der Waals surface area contributed by atoms with Crippen LogP contribution < -0.4 is 4.74 Å². The molecule has 2 heterocycles. The molecular weight excluding hydrogens is 168 g/mol. The minimum Gasteiger partial charge on any atom is -0.491 e. The van der Waals surface area contributed by atoms with Crippen molar-refractivity contribution in [2.75, 3.05) is 6.61 Å². The summed E-state index contributed by atoms with van der Waals surface area (Å²) in [4.78, 5) is 6.71. The highest BCUT2D eigenvalue weighted by molar-refractivity contribution is 5.39. The van der Waals surface area contributed by atoms with E-state index in [1.165, 1.54) is 0 Å². The Morgan fingerprint density at radius 1 is 1.62 bits per heavy atom. The van der Waals surface area contributed by atoms with Gasteiger partial charge in [0.25, 0.3) is 0 Å². The third kappa shape index (κ3) is 1.41. The Kier molecular flexibility index (Phi) is 2.02. The summed E-state index contributed by atoms with van der Waals surface area (Å²) in [5, 5.41) is 3.50. The number of azide groups is 1. The van der Waals surface area contributed by atoms with Gasteiger partial charge in [0.05, 0.1) is 19.3 Å². The molecule has 5 heteroatoms. The fourth-order valence-electron chi connectivity index (χ4n) is 1.42. The summed E-state index contributed by atoms with van der Waals surface area (Å²) in [7, 11) is 0. The van der Waals surface area contributed by atoms with Gasteiger partial charge in [-0.25, -0.2) is 0 Å². The lowest BCUT2D eigenvalue weighted by atomic mass is 10.1. The Hall–Kier alpha value is -1.74. The van der Waals surface area contributed by atoms with Crippen LogP contribution in [0.3, 0.4) is 0 Å². The van der Waals surface area contributed by atoms with Crippen LogP contribution in [0.2, 0.25) is 0 Å². The maximum Gasteiger partial charge on any atom is 0.141 e. The maximum atomic E-state index is 8.18. The summed E-state index contributed by atoms with van der Waals surface area (Å²) in [5.74, 6) is 0.825. The third-order valence-electron chi connectivity index (χ3n) is 2.02.